The molecule has 0 saturated carbocycles. The van der Waals surface area contributed by atoms with E-state index in [1.54, 1.807) is 32.4 Å². The van der Waals surface area contributed by atoms with Crippen LogP contribution in [0.5, 0.6) is 11.5 Å². The Labute approximate surface area is 191 Å². The van der Waals surface area contributed by atoms with Crippen LogP contribution in [0.15, 0.2) is 69.5 Å². The molecule has 0 radical (unpaired) electrons. The van der Waals surface area contributed by atoms with Crippen molar-refractivity contribution in [1.82, 2.24) is 15.5 Å². The number of carbonyl (C=O) groups is 1. The zero-order valence-electron chi connectivity index (χ0n) is 17.9. The van der Waals surface area contributed by atoms with Crippen molar-refractivity contribution in [3.63, 3.8) is 0 Å². The number of nitrogens with zero attached hydrogens (tertiary/aromatic N) is 2. The van der Waals surface area contributed by atoms with Crippen molar-refractivity contribution >= 4 is 27.5 Å². The number of carbonyl (C=O) groups excluding carboxylic acids is 1. The maximum absolute atomic E-state index is 12.6. The minimum Gasteiger partial charge on any atom is -0.493 e. The quantitative estimate of drug-likeness (QED) is 0.473. The van der Waals surface area contributed by atoms with Crippen molar-refractivity contribution in [2.24, 2.45) is 0 Å². The van der Waals surface area contributed by atoms with Gasteiger partial charge in [0.05, 0.1) is 24.9 Å². The van der Waals surface area contributed by atoms with E-state index in [2.05, 4.69) is 15.5 Å². The largest absolute Gasteiger partial charge is 0.493 e. The first-order valence-corrected chi connectivity index (χ1v) is 12.1. The summed E-state index contributed by atoms with van der Waals surface area (Å²) in [6.07, 6.45) is 0. The summed E-state index contributed by atoms with van der Waals surface area (Å²) < 4.78 is 35.9. The molecule has 2 aromatic carbocycles. The smallest absolute Gasteiger partial charge is 0.230 e. The van der Waals surface area contributed by atoms with Gasteiger partial charge in [0.25, 0.3) is 0 Å². The SMILES string of the molecule is COc1cccc(CNC(=O)CSc2ccc(S(=O)(=O)c3ccc(C)cc3)nn2)c1OC. The highest BCUT2D eigenvalue weighted by atomic mass is 32.2. The van der Waals surface area contributed by atoms with Crippen LogP contribution >= 0.6 is 11.8 Å². The molecule has 3 rings (SSSR count). The van der Waals surface area contributed by atoms with E-state index in [9.17, 15) is 13.2 Å². The van der Waals surface area contributed by atoms with Gasteiger partial charge in [-0.1, -0.05) is 41.6 Å². The molecule has 0 atom stereocenters. The number of thioether (sulfide) groups is 1. The van der Waals surface area contributed by atoms with Gasteiger partial charge in [0.2, 0.25) is 15.7 Å². The van der Waals surface area contributed by atoms with Crippen LogP contribution in [0.4, 0.5) is 0 Å². The fraction of sp³-hybridized carbons (Fsp3) is 0.227. The number of hydrogen-bond acceptors (Lipinski definition) is 8. The summed E-state index contributed by atoms with van der Waals surface area (Å²) in [6, 6.07) is 14.9. The highest BCUT2D eigenvalue weighted by Crippen LogP contribution is 2.30. The molecule has 0 spiro atoms. The van der Waals surface area contributed by atoms with Crippen LogP contribution in [0.2, 0.25) is 0 Å². The highest BCUT2D eigenvalue weighted by Gasteiger charge is 2.20. The number of nitrogens with one attached hydrogen (secondary N) is 1. The average molecular weight is 474 g/mol. The molecule has 32 heavy (non-hydrogen) atoms. The van der Waals surface area contributed by atoms with Crippen molar-refractivity contribution in [3.05, 3.63) is 65.7 Å². The minimum absolute atomic E-state index is 0.102. The van der Waals surface area contributed by atoms with Crippen LogP contribution in [0.25, 0.3) is 0 Å². The third kappa shape index (κ3) is 5.57. The summed E-state index contributed by atoms with van der Waals surface area (Å²) in [7, 11) is -0.647. The van der Waals surface area contributed by atoms with Crippen molar-refractivity contribution in [1.29, 1.82) is 0 Å². The third-order valence-corrected chi connectivity index (χ3v) is 7.12. The van der Waals surface area contributed by atoms with Gasteiger partial charge in [-0.2, -0.15) is 0 Å². The molecule has 0 aliphatic heterocycles. The van der Waals surface area contributed by atoms with Crippen LogP contribution in [-0.2, 0) is 21.2 Å². The maximum atomic E-state index is 12.6. The lowest BCUT2D eigenvalue weighted by Gasteiger charge is -2.13. The third-order valence-electron chi connectivity index (χ3n) is 4.53. The predicted molar refractivity (Wildman–Crippen MR) is 121 cm³/mol. The van der Waals surface area contributed by atoms with Gasteiger partial charge in [-0.25, -0.2) is 8.42 Å². The maximum Gasteiger partial charge on any atom is 0.230 e. The number of hydrogen-bond donors (Lipinski definition) is 1. The van der Waals surface area contributed by atoms with Gasteiger partial charge in [-0.05, 0) is 37.3 Å². The molecule has 1 heterocycles. The Hall–Kier alpha value is -3.11. The molecule has 168 valence electrons. The number of para-hydroxylation sites is 1. The van der Waals surface area contributed by atoms with Crippen LogP contribution in [0, 0.1) is 6.92 Å². The lowest BCUT2D eigenvalue weighted by molar-refractivity contribution is -0.118. The molecule has 0 bridgehead atoms. The zero-order chi connectivity index (χ0) is 23.1. The number of amides is 1. The van der Waals surface area contributed by atoms with Gasteiger partial charge in [0.1, 0.15) is 5.03 Å². The van der Waals surface area contributed by atoms with Crippen LogP contribution < -0.4 is 14.8 Å². The van der Waals surface area contributed by atoms with Gasteiger partial charge in [-0.3, -0.25) is 4.79 Å². The Balaban J connectivity index is 1.57. The summed E-state index contributed by atoms with van der Waals surface area (Å²) in [5.41, 5.74) is 1.75. The van der Waals surface area contributed by atoms with E-state index in [4.69, 9.17) is 9.47 Å². The topological polar surface area (TPSA) is 107 Å². The first kappa shape index (κ1) is 23.6. The predicted octanol–water partition coefficient (Wildman–Crippen LogP) is 3.04. The normalized spacial score (nSPS) is 11.1. The molecule has 0 fully saturated rings. The number of sulfone groups is 1. The molecule has 10 heteroatoms. The Morgan fingerprint density at radius 1 is 1.00 bits per heavy atom. The van der Waals surface area contributed by atoms with E-state index >= 15 is 0 Å². The molecule has 1 amide bonds. The van der Waals surface area contributed by atoms with E-state index in [0.717, 1.165) is 22.9 Å². The molecule has 1 aromatic heterocycles. The van der Waals surface area contributed by atoms with Gasteiger partial charge < -0.3 is 14.8 Å². The Kier molecular flexibility index (Phi) is 7.70. The number of aryl methyl sites for hydroxylation is 1. The molecule has 1 N–H and O–H groups in total. The fourth-order valence-corrected chi connectivity index (χ4v) is 4.62. The highest BCUT2D eigenvalue weighted by molar-refractivity contribution is 7.99. The number of aromatic nitrogens is 2. The van der Waals surface area contributed by atoms with Gasteiger partial charge in [0, 0.05) is 12.1 Å². The van der Waals surface area contributed by atoms with E-state index in [-0.39, 0.29) is 28.1 Å². The molecule has 8 nitrogen and oxygen atoms in total. The Bertz CT molecular complexity index is 1180. The van der Waals surface area contributed by atoms with E-state index in [0.29, 0.717) is 16.5 Å². The van der Waals surface area contributed by atoms with Crippen LogP contribution in [0.3, 0.4) is 0 Å². The number of benzene rings is 2. The molecule has 0 aliphatic carbocycles. The lowest BCUT2D eigenvalue weighted by Crippen LogP contribution is -2.24. The van der Waals surface area contributed by atoms with Crippen LogP contribution in [0.1, 0.15) is 11.1 Å². The van der Waals surface area contributed by atoms with E-state index in [1.807, 2.05) is 19.1 Å². The second-order valence-corrected chi connectivity index (χ2v) is 9.64. The second kappa shape index (κ2) is 10.5. The average Bonchev–Trinajstić information content (AvgIpc) is 2.81. The summed E-state index contributed by atoms with van der Waals surface area (Å²) >= 11 is 1.16. The number of ether oxygens (including phenoxy) is 2. The summed E-state index contributed by atoms with van der Waals surface area (Å²) in [5, 5.41) is 10.9. The first-order chi connectivity index (χ1) is 15.3. The van der Waals surface area contributed by atoms with Gasteiger partial charge in [0.15, 0.2) is 16.5 Å². The number of rotatable bonds is 9. The molecule has 3 aromatic rings. The van der Waals surface area contributed by atoms with Crippen molar-refractivity contribution in [2.75, 3.05) is 20.0 Å². The number of methoxy groups -OCH3 is 2. The first-order valence-electron chi connectivity index (χ1n) is 9.60. The minimum atomic E-state index is -3.74. The molecular weight excluding hydrogens is 450 g/mol. The standard InChI is InChI=1S/C22H23N3O5S2/c1-15-7-9-17(10-8-15)32(27,28)21-12-11-20(24-25-21)31-14-19(26)23-13-16-5-4-6-18(29-2)22(16)30-3/h4-12H,13-14H2,1-3H3,(H,23,26). The van der Waals surface area contributed by atoms with Crippen LogP contribution in [-0.4, -0.2) is 44.5 Å². The second-order valence-electron chi connectivity index (χ2n) is 6.74. The van der Waals surface area contributed by atoms with E-state index < -0.39 is 9.84 Å². The molecule has 0 unspecified atom stereocenters. The Morgan fingerprint density at radius 2 is 1.75 bits per heavy atom. The Morgan fingerprint density at radius 3 is 2.38 bits per heavy atom. The fourth-order valence-electron chi connectivity index (χ4n) is 2.84. The summed E-state index contributed by atoms with van der Waals surface area (Å²) in [5.74, 6) is 1.05. The van der Waals surface area contributed by atoms with Crippen molar-refractivity contribution in [2.45, 2.75) is 28.4 Å². The lowest BCUT2D eigenvalue weighted by atomic mass is 10.2. The zero-order valence-corrected chi connectivity index (χ0v) is 19.5. The monoisotopic (exact) mass is 473 g/mol. The van der Waals surface area contributed by atoms with Gasteiger partial charge >= 0.3 is 0 Å². The molecule has 0 aliphatic rings. The summed E-state index contributed by atoms with van der Waals surface area (Å²) in [6.45, 7) is 2.16. The molecule has 0 saturated heterocycles. The van der Waals surface area contributed by atoms with Crippen molar-refractivity contribution < 1.29 is 22.7 Å². The van der Waals surface area contributed by atoms with Gasteiger partial charge in [-0.15, -0.1) is 10.2 Å². The van der Waals surface area contributed by atoms with E-state index in [1.165, 1.54) is 24.3 Å². The summed E-state index contributed by atoms with van der Waals surface area (Å²) in [4.78, 5) is 12.4. The molecular formula is C22H23N3O5S2. The van der Waals surface area contributed by atoms with Crippen molar-refractivity contribution in [3.8, 4) is 11.5 Å².